The second-order valence-electron chi connectivity index (χ2n) is 15.9. The molecule has 1 spiro atoms. The van der Waals surface area contributed by atoms with Crippen LogP contribution in [0.5, 0.6) is 11.5 Å². The van der Waals surface area contributed by atoms with Crippen molar-refractivity contribution in [2.24, 2.45) is 5.41 Å². The molecule has 0 aliphatic carbocycles. The third kappa shape index (κ3) is 7.28. The normalized spacial score (nSPS) is 22.0. The van der Waals surface area contributed by atoms with Gasteiger partial charge in [0.1, 0.15) is 29.3 Å². The highest BCUT2D eigenvalue weighted by molar-refractivity contribution is 6.74. The summed E-state index contributed by atoms with van der Waals surface area (Å²) in [6.45, 7) is 17.9. The Balaban J connectivity index is 1.50. The van der Waals surface area contributed by atoms with Gasteiger partial charge in [0, 0.05) is 28.7 Å². The van der Waals surface area contributed by atoms with E-state index in [2.05, 4.69) is 70.6 Å². The number of hydrogen-bond acceptors (Lipinski definition) is 6. The Kier molecular flexibility index (Phi) is 10.7. The lowest BCUT2D eigenvalue weighted by Crippen LogP contribution is -2.49. The molecule has 8 nitrogen and oxygen atoms in total. The molecule has 5 rings (SSSR count). The summed E-state index contributed by atoms with van der Waals surface area (Å²) in [6, 6.07) is 13.4. The maximum atomic E-state index is 16.1. The molecule has 2 aliphatic heterocycles. The van der Waals surface area contributed by atoms with Crippen LogP contribution in [-0.4, -0.2) is 52.5 Å². The molecule has 3 aromatic rings. The molecule has 0 radical (unpaired) electrons. The molecule has 0 aromatic heterocycles. The quantitative estimate of drug-likeness (QED) is 0.142. The number of benzene rings is 3. The van der Waals surface area contributed by atoms with Gasteiger partial charge in [-0.05, 0) is 71.4 Å². The number of hydrogen-bond donors (Lipinski definition) is 3. The van der Waals surface area contributed by atoms with Gasteiger partial charge >= 0.3 is 0 Å². The third-order valence-electron chi connectivity index (χ3n) is 10.3. The van der Waals surface area contributed by atoms with Crippen molar-refractivity contribution in [1.82, 2.24) is 5.32 Å². The van der Waals surface area contributed by atoms with Gasteiger partial charge in [-0.3, -0.25) is 9.59 Å². The average molecular weight is 745 g/mol. The first kappa shape index (κ1) is 38.1. The molecule has 4 atom stereocenters. The molecule has 0 bridgehead atoms. The zero-order valence-electron chi connectivity index (χ0n) is 30.2. The Morgan fingerprint density at radius 2 is 1.74 bits per heavy atom. The Morgan fingerprint density at radius 1 is 1.02 bits per heavy atom. The van der Waals surface area contributed by atoms with Gasteiger partial charge < -0.3 is 29.9 Å². The highest BCUT2D eigenvalue weighted by Crippen LogP contribution is 2.57. The van der Waals surface area contributed by atoms with Gasteiger partial charge in [0.05, 0.1) is 30.5 Å². The van der Waals surface area contributed by atoms with E-state index in [1.54, 1.807) is 48.5 Å². The summed E-state index contributed by atoms with van der Waals surface area (Å²) in [5.41, 5.74) is 0.0989. The van der Waals surface area contributed by atoms with Crippen LogP contribution in [0.1, 0.15) is 65.0 Å². The number of ether oxygens (including phenoxy) is 2. The van der Waals surface area contributed by atoms with Crippen LogP contribution in [0.25, 0.3) is 0 Å². The van der Waals surface area contributed by atoms with Gasteiger partial charge in [-0.15, -0.1) is 0 Å². The van der Waals surface area contributed by atoms with Crippen LogP contribution >= 0.6 is 23.2 Å². The smallest absolute Gasteiger partial charge is 0.242 e. The van der Waals surface area contributed by atoms with Gasteiger partial charge in [-0.2, -0.15) is 0 Å². The number of methoxy groups -OCH3 is 1. The van der Waals surface area contributed by atoms with Crippen molar-refractivity contribution in [3.8, 4) is 11.5 Å². The van der Waals surface area contributed by atoms with Crippen molar-refractivity contribution in [3.63, 3.8) is 0 Å². The first-order valence-electron chi connectivity index (χ1n) is 16.9. The van der Waals surface area contributed by atoms with Crippen molar-refractivity contribution in [3.05, 3.63) is 81.6 Å². The number of amides is 2. The van der Waals surface area contributed by atoms with Gasteiger partial charge in [0.25, 0.3) is 0 Å². The van der Waals surface area contributed by atoms with Crippen LogP contribution < -0.4 is 25.4 Å². The van der Waals surface area contributed by atoms with Crippen molar-refractivity contribution >= 4 is 54.7 Å². The van der Waals surface area contributed by atoms with E-state index < -0.39 is 43.5 Å². The van der Waals surface area contributed by atoms with Crippen LogP contribution in [0.4, 0.5) is 15.8 Å². The summed E-state index contributed by atoms with van der Waals surface area (Å²) < 4.78 is 34.0. The molecule has 0 unspecified atom stereocenters. The molecule has 3 aromatic carbocycles. The van der Waals surface area contributed by atoms with E-state index in [1.807, 2.05) is 0 Å². The van der Waals surface area contributed by atoms with Crippen LogP contribution in [0.2, 0.25) is 28.2 Å². The van der Waals surface area contributed by atoms with Crippen LogP contribution in [0, 0.1) is 11.2 Å². The number of nitrogens with one attached hydrogen (secondary N) is 3. The second-order valence-corrected chi connectivity index (χ2v) is 21.6. The zero-order chi connectivity index (χ0) is 36.8. The molecule has 12 heteroatoms. The molecule has 1 fully saturated rings. The summed E-state index contributed by atoms with van der Waals surface area (Å²) >= 11 is 12.7. The van der Waals surface area contributed by atoms with Crippen molar-refractivity contribution < 1.29 is 27.9 Å². The molecule has 1 saturated heterocycles. The first-order chi connectivity index (χ1) is 23.3. The van der Waals surface area contributed by atoms with E-state index in [1.165, 1.54) is 13.2 Å². The molecular formula is C38H48Cl2FN3O5Si. The molecule has 3 N–H and O–H groups in total. The Bertz CT molecular complexity index is 1780. The number of anilines is 2. The predicted octanol–water partition coefficient (Wildman–Crippen LogP) is 8.93. The first-order valence-corrected chi connectivity index (χ1v) is 20.5. The van der Waals surface area contributed by atoms with Crippen molar-refractivity contribution in [2.45, 2.75) is 89.5 Å². The van der Waals surface area contributed by atoms with Gasteiger partial charge in [-0.1, -0.05) is 82.9 Å². The molecule has 50 heavy (non-hydrogen) atoms. The minimum absolute atomic E-state index is 0.0902. The summed E-state index contributed by atoms with van der Waals surface area (Å²) in [6.07, 6.45) is 0.499. The van der Waals surface area contributed by atoms with Gasteiger partial charge in [0.2, 0.25) is 11.8 Å². The topological polar surface area (TPSA) is 97.9 Å². The highest BCUT2D eigenvalue weighted by Gasteiger charge is 2.66. The fraction of sp³-hybridized carbons (Fsp3) is 0.474. The van der Waals surface area contributed by atoms with Gasteiger partial charge in [0.15, 0.2) is 8.32 Å². The maximum Gasteiger partial charge on any atom is 0.242 e. The van der Waals surface area contributed by atoms with Crippen LogP contribution in [0.3, 0.4) is 0 Å². The fourth-order valence-corrected chi connectivity index (χ4v) is 8.28. The Hall–Kier alpha value is -3.15. The number of fused-ring (bicyclic) bond motifs is 2. The summed E-state index contributed by atoms with van der Waals surface area (Å²) in [5.74, 6) is -1.53. The lowest BCUT2D eigenvalue weighted by Gasteiger charge is -2.37. The SMILES string of the molecule is COc1cc(OCCO[Si](C)(C)C(C)(C)C)ccc1NC(=O)[C@@H]1N[C@@H](CC(C)(C)C)[C@@]2(C(=O)Nc3cc(Cl)ccc32)[C@H]1c1cccc(Cl)c1F. The average Bonchev–Trinajstić information content (AvgIpc) is 3.49. The molecule has 2 aliphatic rings. The van der Waals surface area contributed by atoms with E-state index in [0.717, 1.165) is 0 Å². The highest BCUT2D eigenvalue weighted by atomic mass is 35.5. The number of carbonyl (C=O) groups is 2. The van der Waals surface area contributed by atoms with E-state index >= 15 is 4.39 Å². The summed E-state index contributed by atoms with van der Waals surface area (Å²) in [4.78, 5) is 28.9. The Labute approximate surface area is 305 Å². The predicted molar refractivity (Wildman–Crippen MR) is 201 cm³/mol. The van der Waals surface area contributed by atoms with Gasteiger partial charge in [-0.25, -0.2) is 4.39 Å². The maximum absolute atomic E-state index is 16.1. The minimum Gasteiger partial charge on any atom is -0.494 e. The summed E-state index contributed by atoms with van der Waals surface area (Å²) in [7, 11) is -0.409. The van der Waals surface area contributed by atoms with Crippen molar-refractivity contribution in [2.75, 3.05) is 31.0 Å². The molecule has 2 amide bonds. The van der Waals surface area contributed by atoms with E-state index in [4.69, 9.17) is 37.1 Å². The molecule has 270 valence electrons. The lowest BCUT2D eigenvalue weighted by atomic mass is 9.62. The second kappa shape index (κ2) is 14.1. The van der Waals surface area contributed by atoms with Crippen LogP contribution in [0.15, 0.2) is 54.6 Å². The van der Waals surface area contributed by atoms with E-state index in [9.17, 15) is 9.59 Å². The monoisotopic (exact) mass is 743 g/mol. The minimum atomic E-state index is -1.92. The fourth-order valence-electron chi connectivity index (χ4n) is 6.90. The van der Waals surface area contributed by atoms with E-state index in [0.29, 0.717) is 53.1 Å². The Morgan fingerprint density at radius 3 is 2.40 bits per heavy atom. The van der Waals surface area contributed by atoms with Crippen LogP contribution in [-0.2, 0) is 19.4 Å². The van der Waals surface area contributed by atoms with E-state index in [-0.39, 0.29) is 26.9 Å². The summed E-state index contributed by atoms with van der Waals surface area (Å²) in [5, 5.41) is 9.93. The molecular weight excluding hydrogens is 696 g/mol. The zero-order valence-corrected chi connectivity index (χ0v) is 32.7. The largest absolute Gasteiger partial charge is 0.494 e. The van der Waals surface area contributed by atoms with Crippen molar-refractivity contribution in [1.29, 1.82) is 0 Å². The number of halogens is 3. The number of rotatable bonds is 10. The standard InChI is InChI=1S/C38H48Cl2FN3O5Si/c1-36(2,3)21-30-38(25-15-13-22(39)19-28(25)43-35(38)46)31(24-11-10-12-26(40)32(24)41)33(44-30)34(45)42-27-16-14-23(20-29(27)47-7)48-17-18-49-50(8,9)37(4,5)6/h10-16,19-20,30-31,33,44H,17-18,21H2,1-9H3,(H,42,45)(H,43,46)/t30-,31-,33+,38+/m0/s1. The lowest BCUT2D eigenvalue weighted by molar-refractivity contribution is -0.122. The third-order valence-corrected chi connectivity index (χ3v) is 15.3. The molecule has 0 saturated carbocycles. The molecule has 2 heterocycles. The number of carbonyl (C=O) groups excluding carboxylic acids is 2.